The van der Waals surface area contributed by atoms with Crippen LogP contribution in [0.1, 0.15) is 43.8 Å². The molecule has 0 spiro atoms. The summed E-state index contributed by atoms with van der Waals surface area (Å²) in [5.41, 5.74) is 1.07. The summed E-state index contributed by atoms with van der Waals surface area (Å²) in [6.45, 7) is 7.67. The summed E-state index contributed by atoms with van der Waals surface area (Å²) in [7, 11) is -2.88. The summed E-state index contributed by atoms with van der Waals surface area (Å²) in [6.07, 6.45) is 1.44. The topological polar surface area (TPSA) is 83.4 Å². The SMILES string of the molecule is CCNC(=NCCc1csc(C(C)C)n1)NC1CCS(=O)(=O)C1.I. The first-order chi connectivity index (χ1) is 10.9. The van der Waals surface area contributed by atoms with Crippen LogP contribution in [0.4, 0.5) is 0 Å². The van der Waals surface area contributed by atoms with Gasteiger partial charge in [0.15, 0.2) is 15.8 Å². The zero-order valence-electron chi connectivity index (χ0n) is 14.4. The van der Waals surface area contributed by atoms with Crippen LogP contribution in [0.3, 0.4) is 0 Å². The van der Waals surface area contributed by atoms with Crippen LogP contribution in [0.25, 0.3) is 0 Å². The van der Waals surface area contributed by atoms with Crippen molar-refractivity contribution in [2.45, 2.75) is 45.6 Å². The maximum Gasteiger partial charge on any atom is 0.191 e. The smallest absolute Gasteiger partial charge is 0.191 e. The molecule has 0 aliphatic carbocycles. The molecule has 9 heteroatoms. The fourth-order valence-electron chi connectivity index (χ4n) is 2.41. The number of halogens is 1. The van der Waals surface area contributed by atoms with Crippen LogP contribution in [0.5, 0.6) is 0 Å². The van der Waals surface area contributed by atoms with E-state index >= 15 is 0 Å². The highest BCUT2D eigenvalue weighted by molar-refractivity contribution is 14.0. The van der Waals surface area contributed by atoms with Gasteiger partial charge in [0.2, 0.25) is 0 Å². The number of aliphatic imine (C=N–C) groups is 1. The molecule has 2 N–H and O–H groups in total. The maximum atomic E-state index is 11.5. The van der Waals surface area contributed by atoms with Gasteiger partial charge in [0.25, 0.3) is 0 Å². The second-order valence-corrected chi connectivity index (χ2v) is 9.21. The minimum Gasteiger partial charge on any atom is -0.357 e. The van der Waals surface area contributed by atoms with Crippen LogP contribution >= 0.6 is 35.3 Å². The van der Waals surface area contributed by atoms with Gasteiger partial charge in [0, 0.05) is 36.9 Å². The molecule has 1 aromatic heterocycles. The molecule has 1 aliphatic heterocycles. The molecule has 0 saturated carbocycles. The lowest BCUT2D eigenvalue weighted by atomic mass is 10.2. The van der Waals surface area contributed by atoms with Crippen molar-refractivity contribution in [2.75, 3.05) is 24.6 Å². The molecule has 0 amide bonds. The Kier molecular flexibility index (Phi) is 8.93. The van der Waals surface area contributed by atoms with Crippen LogP contribution in [-0.4, -0.2) is 50.0 Å². The lowest BCUT2D eigenvalue weighted by Gasteiger charge is -2.15. The van der Waals surface area contributed by atoms with Crippen LogP contribution in [0, 0.1) is 0 Å². The van der Waals surface area contributed by atoms with Crippen molar-refractivity contribution in [3.8, 4) is 0 Å². The molecule has 1 atom stereocenters. The summed E-state index contributed by atoms with van der Waals surface area (Å²) >= 11 is 1.70. The zero-order valence-corrected chi connectivity index (χ0v) is 18.4. The fourth-order valence-corrected chi connectivity index (χ4v) is 4.95. The zero-order chi connectivity index (χ0) is 16.9. The summed E-state index contributed by atoms with van der Waals surface area (Å²) in [5.74, 6) is 1.61. The first-order valence-corrected chi connectivity index (χ1v) is 10.8. The highest BCUT2D eigenvalue weighted by Gasteiger charge is 2.28. The van der Waals surface area contributed by atoms with Crippen molar-refractivity contribution in [3.63, 3.8) is 0 Å². The van der Waals surface area contributed by atoms with Gasteiger partial charge in [-0.2, -0.15) is 0 Å². The molecule has 1 fully saturated rings. The molecule has 0 aromatic carbocycles. The largest absolute Gasteiger partial charge is 0.357 e. The van der Waals surface area contributed by atoms with Gasteiger partial charge in [0.1, 0.15) is 0 Å². The summed E-state index contributed by atoms with van der Waals surface area (Å²) in [6, 6.07) is -0.0374. The molecular formula is C15H27IN4O2S2. The minimum atomic E-state index is -2.88. The monoisotopic (exact) mass is 486 g/mol. The Hall–Kier alpha value is -0.420. The van der Waals surface area contributed by atoms with Crippen molar-refractivity contribution < 1.29 is 8.42 Å². The van der Waals surface area contributed by atoms with Crippen molar-refractivity contribution in [1.82, 2.24) is 15.6 Å². The molecule has 6 nitrogen and oxygen atoms in total. The van der Waals surface area contributed by atoms with E-state index in [9.17, 15) is 8.42 Å². The number of rotatable bonds is 6. The molecule has 1 unspecified atom stereocenters. The first kappa shape index (κ1) is 21.6. The third kappa shape index (κ3) is 6.83. The number of nitrogens with one attached hydrogen (secondary N) is 2. The van der Waals surface area contributed by atoms with E-state index in [-0.39, 0.29) is 41.5 Å². The van der Waals surface area contributed by atoms with Gasteiger partial charge in [0.05, 0.1) is 22.2 Å². The number of sulfone groups is 1. The second-order valence-electron chi connectivity index (χ2n) is 6.09. The Balaban J connectivity index is 0.00000288. The Morgan fingerprint density at radius 2 is 2.25 bits per heavy atom. The molecule has 2 rings (SSSR count). The molecule has 2 heterocycles. The molecule has 24 heavy (non-hydrogen) atoms. The molecule has 0 bridgehead atoms. The first-order valence-electron chi connectivity index (χ1n) is 8.09. The Morgan fingerprint density at radius 1 is 1.50 bits per heavy atom. The van der Waals surface area contributed by atoms with Crippen LogP contribution in [0.2, 0.25) is 0 Å². The average molecular weight is 486 g/mol. The van der Waals surface area contributed by atoms with Gasteiger partial charge in [-0.25, -0.2) is 13.4 Å². The standard InChI is InChI=1S/C15H26N4O2S2.HI/c1-4-16-15(19-13-6-8-23(20,21)10-13)17-7-5-12-9-22-14(18-12)11(2)3;/h9,11,13H,4-8,10H2,1-3H3,(H2,16,17,19);1H. The van der Waals surface area contributed by atoms with Crippen molar-refractivity contribution in [3.05, 3.63) is 16.1 Å². The number of hydrogen-bond acceptors (Lipinski definition) is 5. The van der Waals surface area contributed by atoms with Gasteiger partial charge in [-0.1, -0.05) is 13.8 Å². The predicted molar refractivity (Wildman–Crippen MR) is 111 cm³/mol. The number of guanidine groups is 1. The third-order valence-corrected chi connectivity index (χ3v) is 6.58. The van der Waals surface area contributed by atoms with Crippen molar-refractivity contribution in [2.24, 2.45) is 4.99 Å². The van der Waals surface area contributed by atoms with Crippen LogP contribution < -0.4 is 10.6 Å². The number of aromatic nitrogens is 1. The number of nitrogens with zero attached hydrogens (tertiary/aromatic N) is 2. The molecule has 138 valence electrons. The van der Waals surface area contributed by atoms with Crippen LogP contribution in [-0.2, 0) is 16.3 Å². The molecule has 1 aromatic rings. The molecule has 1 saturated heterocycles. The predicted octanol–water partition coefficient (Wildman–Crippen LogP) is 2.17. The van der Waals surface area contributed by atoms with Gasteiger partial charge in [-0.05, 0) is 13.3 Å². The van der Waals surface area contributed by atoms with Crippen molar-refractivity contribution >= 4 is 51.1 Å². The van der Waals surface area contributed by atoms with Gasteiger partial charge in [-0.3, -0.25) is 4.99 Å². The lowest BCUT2D eigenvalue weighted by Crippen LogP contribution is -2.44. The van der Waals surface area contributed by atoms with E-state index < -0.39 is 9.84 Å². The van der Waals surface area contributed by atoms with E-state index in [2.05, 4.69) is 39.8 Å². The highest BCUT2D eigenvalue weighted by Crippen LogP contribution is 2.19. The third-order valence-electron chi connectivity index (χ3n) is 3.62. The lowest BCUT2D eigenvalue weighted by molar-refractivity contribution is 0.599. The molecule has 0 radical (unpaired) electrons. The van der Waals surface area contributed by atoms with E-state index in [1.807, 2.05) is 6.92 Å². The van der Waals surface area contributed by atoms with Gasteiger partial charge < -0.3 is 10.6 Å². The Morgan fingerprint density at radius 3 is 2.79 bits per heavy atom. The fraction of sp³-hybridized carbons (Fsp3) is 0.733. The normalized spacial score (nSPS) is 20.0. The van der Waals surface area contributed by atoms with Crippen molar-refractivity contribution in [1.29, 1.82) is 0 Å². The van der Waals surface area contributed by atoms with E-state index in [0.29, 0.717) is 24.8 Å². The Labute approximate surface area is 165 Å². The van der Waals surface area contributed by atoms with Gasteiger partial charge in [-0.15, -0.1) is 35.3 Å². The maximum absolute atomic E-state index is 11.5. The number of hydrogen-bond donors (Lipinski definition) is 2. The number of thiazole rings is 1. The van der Waals surface area contributed by atoms with Crippen LogP contribution in [0.15, 0.2) is 10.4 Å². The summed E-state index contributed by atoms with van der Waals surface area (Å²) < 4.78 is 23.1. The highest BCUT2D eigenvalue weighted by atomic mass is 127. The second kappa shape index (κ2) is 9.91. The van der Waals surface area contributed by atoms with E-state index in [1.54, 1.807) is 11.3 Å². The summed E-state index contributed by atoms with van der Waals surface area (Å²) in [5, 5.41) is 9.65. The van der Waals surface area contributed by atoms with E-state index in [1.165, 1.54) is 0 Å². The molecule has 1 aliphatic rings. The Bertz CT molecular complexity index is 644. The minimum absolute atomic E-state index is 0. The van der Waals surface area contributed by atoms with E-state index in [0.717, 1.165) is 23.7 Å². The summed E-state index contributed by atoms with van der Waals surface area (Å²) in [4.78, 5) is 9.14. The average Bonchev–Trinajstić information content (AvgIpc) is 3.06. The molecular weight excluding hydrogens is 459 g/mol. The van der Waals surface area contributed by atoms with E-state index in [4.69, 9.17) is 0 Å². The van der Waals surface area contributed by atoms with Gasteiger partial charge >= 0.3 is 0 Å². The quantitative estimate of drug-likeness (QED) is 0.366.